The van der Waals surface area contributed by atoms with Gasteiger partial charge in [-0.05, 0) is 12.8 Å². The van der Waals surface area contributed by atoms with E-state index in [0.717, 1.165) is 5.70 Å². The first-order valence-electron chi connectivity index (χ1n) is 4.13. The number of rotatable bonds is 5. The second-order valence-corrected chi connectivity index (χ2v) is 3.25. The van der Waals surface area contributed by atoms with Crippen molar-refractivity contribution in [3.8, 4) is 0 Å². The molecule has 0 rings (SSSR count). The summed E-state index contributed by atoms with van der Waals surface area (Å²) in [5, 5.41) is 11.8. The third-order valence-electron chi connectivity index (χ3n) is 1.85. The van der Waals surface area contributed by atoms with Crippen molar-refractivity contribution < 1.29 is 5.11 Å². The smallest absolute Gasteiger partial charge is 0.0485 e. The van der Waals surface area contributed by atoms with Crippen molar-refractivity contribution in [3.63, 3.8) is 0 Å². The Balaban J connectivity index is 3.57. The summed E-state index contributed by atoms with van der Waals surface area (Å²) in [6.07, 6.45) is 0.650. The van der Waals surface area contributed by atoms with E-state index in [1.165, 1.54) is 0 Å². The van der Waals surface area contributed by atoms with E-state index in [1.54, 1.807) is 0 Å². The summed E-state index contributed by atoms with van der Waals surface area (Å²) in [5.74, 6) is 0.602. The highest BCUT2D eigenvalue weighted by Gasteiger charge is 2.05. The Morgan fingerprint density at radius 1 is 1.45 bits per heavy atom. The molecule has 0 spiro atoms. The summed E-state index contributed by atoms with van der Waals surface area (Å²) in [7, 11) is 0. The van der Waals surface area contributed by atoms with Gasteiger partial charge in [0.25, 0.3) is 0 Å². The molecule has 0 aliphatic heterocycles. The molecule has 0 aromatic carbocycles. The highest BCUT2D eigenvalue weighted by atomic mass is 16.3. The van der Waals surface area contributed by atoms with Crippen molar-refractivity contribution in [1.29, 1.82) is 0 Å². The second kappa shape index (κ2) is 5.19. The molecule has 0 heterocycles. The molecule has 0 amide bonds. The molecule has 0 aromatic rings. The van der Waals surface area contributed by atoms with E-state index in [0.29, 0.717) is 18.4 Å². The van der Waals surface area contributed by atoms with Gasteiger partial charge in [0.15, 0.2) is 0 Å². The average molecular weight is 157 g/mol. The van der Waals surface area contributed by atoms with E-state index in [9.17, 15) is 0 Å². The number of hydrogen-bond donors (Lipinski definition) is 2. The SMILES string of the molecule is C=C(CCO)NC(C)C(C)C. The Hall–Kier alpha value is -0.500. The molecule has 1 unspecified atom stereocenters. The molecule has 0 radical (unpaired) electrons. The maximum Gasteiger partial charge on any atom is 0.0485 e. The molecule has 0 aliphatic rings. The van der Waals surface area contributed by atoms with Crippen molar-refractivity contribution in [2.75, 3.05) is 6.61 Å². The minimum atomic E-state index is 0.177. The van der Waals surface area contributed by atoms with Gasteiger partial charge < -0.3 is 10.4 Å². The minimum Gasteiger partial charge on any atom is -0.396 e. The monoisotopic (exact) mass is 157 g/mol. The summed E-state index contributed by atoms with van der Waals surface area (Å²) in [6, 6.07) is 0.439. The lowest BCUT2D eigenvalue weighted by Crippen LogP contribution is -2.29. The van der Waals surface area contributed by atoms with Gasteiger partial charge in [-0.15, -0.1) is 0 Å². The summed E-state index contributed by atoms with van der Waals surface area (Å²) in [6.45, 7) is 10.4. The summed E-state index contributed by atoms with van der Waals surface area (Å²) in [4.78, 5) is 0. The zero-order chi connectivity index (χ0) is 8.85. The lowest BCUT2D eigenvalue weighted by molar-refractivity contribution is 0.293. The number of aliphatic hydroxyl groups excluding tert-OH is 1. The normalized spacial score (nSPS) is 13.2. The predicted molar refractivity (Wildman–Crippen MR) is 48.3 cm³/mol. The number of nitrogens with one attached hydrogen (secondary N) is 1. The molecule has 2 N–H and O–H groups in total. The van der Waals surface area contributed by atoms with Crippen molar-refractivity contribution in [1.82, 2.24) is 5.32 Å². The van der Waals surface area contributed by atoms with E-state index >= 15 is 0 Å². The zero-order valence-electron chi connectivity index (χ0n) is 7.72. The minimum absolute atomic E-state index is 0.177. The zero-order valence-corrected chi connectivity index (χ0v) is 7.72. The van der Waals surface area contributed by atoms with Crippen molar-refractivity contribution in [2.45, 2.75) is 33.2 Å². The third-order valence-corrected chi connectivity index (χ3v) is 1.85. The van der Waals surface area contributed by atoms with Crippen LogP contribution in [-0.2, 0) is 0 Å². The van der Waals surface area contributed by atoms with E-state index in [2.05, 4.69) is 32.7 Å². The van der Waals surface area contributed by atoms with Crippen LogP contribution in [0.4, 0.5) is 0 Å². The van der Waals surface area contributed by atoms with Gasteiger partial charge in [0.1, 0.15) is 0 Å². The topological polar surface area (TPSA) is 32.3 Å². The average Bonchev–Trinajstić information content (AvgIpc) is 1.87. The summed E-state index contributed by atoms with van der Waals surface area (Å²) >= 11 is 0. The first-order chi connectivity index (χ1) is 5.07. The van der Waals surface area contributed by atoms with E-state index in [4.69, 9.17) is 5.11 Å². The van der Waals surface area contributed by atoms with Gasteiger partial charge >= 0.3 is 0 Å². The van der Waals surface area contributed by atoms with Gasteiger partial charge in [0.2, 0.25) is 0 Å². The van der Waals surface area contributed by atoms with Gasteiger partial charge in [-0.1, -0.05) is 20.4 Å². The molecule has 0 fully saturated rings. The Morgan fingerprint density at radius 3 is 2.36 bits per heavy atom. The van der Waals surface area contributed by atoms with Gasteiger partial charge in [-0.25, -0.2) is 0 Å². The van der Waals surface area contributed by atoms with Gasteiger partial charge in [0, 0.05) is 24.8 Å². The molecule has 0 aromatic heterocycles. The van der Waals surface area contributed by atoms with Gasteiger partial charge in [0.05, 0.1) is 0 Å². The molecule has 1 atom stereocenters. The summed E-state index contributed by atoms with van der Waals surface area (Å²) in [5.41, 5.74) is 0.925. The van der Waals surface area contributed by atoms with Gasteiger partial charge in [-0.3, -0.25) is 0 Å². The fourth-order valence-electron chi connectivity index (χ4n) is 0.696. The van der Waals surface area contributed by atoms with E-state index in [1.807, 2.05) is 0 Å². The van der Waals surface area contributed by atoms with Crippen LogP contribution >= 0.6 is 0 Å². The maximum atomic E-state index is 8.59. The van der Waals surface area contributed by atoms with Crippen LogP contribution in [0.5, 0.6) is 0 Å². The van der Waals surface area contributed by atoms with Crippen LogP contribution in [0.3, 0.4) is 0 Å². The van der Waals surface area contributed by atoms with Crippen molar-refractivity contribution in [3.05, 3.63) is 12.3 Å². The molecule has 2 heteroatoms. The van der Waals surface area contributed by atoms with Crippen LogP contribution < -0.4 is 5.32 Å². The second-order valence-electron chi connectivity index (χ2n) is 3.25. The van der Waals surface area contributed by atoms with Gasteiger partial charge in [-0.2, -0.15) is 0 Å². The Kier molecular flexibility index (Phi) is 4.95. The van der Waals surface area contributed by atoms with Crippen molar-refractivity contribution >= 4 is 0 Å². The van der Waals surface area contributed by atoms with Crippen LogP contribution in [0.15, 0.2) is 12.3 Å². The third kappa shape index (κ3) is 4.85. The highest BCUT2D eigenvalue weighted by molar-refractivity contribution is 4.93. The van der Waals surface area contributed by atoms with Crippen LogP contribution in [0.1, 0.15) is 27.2 Å². The molecule has 0 saturated heterocycles. The maximum absolute atomic E-state index is 8.59. The predicted octanol–water partition coefficient (Wildman–Crippen LogP) is 1.52. The Labute approximate surface area is 69.3 Å². The van der Waals surface area contributed by atoms with Crippen LogP contribution in [0.25, 0.3) is 0 Å². The standard InChI is InChI=1S/C9H19NO/c1-7(2)9(4)10-8(3)5-6-11/h7,9-11H,3,5-6H2,1-2,4H3. The largest absolute Gasteiger partial charge is 0.396 e. The fourth-order valence-corrected chi connectivity index (χ4v) is 0.696. The van der Waals surface area contributed by atoms with E-state index < -0.39 is 0 Å². The molecule has 0 aliphatic carbocycles. The summed E-state index contributed by atoms with van der Waals surface area (Å²) < 4.78 is 0. The van der Waals surface area contributed by atoms with Crippen LogP contribution in [0, 0.1) is 5.92 Å². The molecule has 0 saturated carbocycles. The first kappa shape index (κ1) is 10.5. The first-order valence-corrected chi connectivity index (χ1v) is 4.13. The van der Waals surface area contributed by atoms with Crippen LogP contribution in [-0.4, -0.2) is 17.8 Å². The highest BCUT2D eigenvalue weighted by Crippen LogP contribution is 2.03. The lowest BCUT2D eigenvalue weighted by atomic mass is 10.1. The quantitative estimate of drug-likeness (QED) is 0.634. The van der Waals surface area contributed by atoms with Crippen molar-refractivity contribution in [2.24, 2.45) is 5.92 Å². The number of aliphatic hydroxyl groups is 1. The molecular formula is C9H19NO. The molecule has 11 heavy (non-hydrogen) atoms. The van der Waals surface area contributed by atoms with E-state index in [-0.39, 0.29) is 6.61 Å². The lowest BCUT2D eigenvalue weighted by Gasteiger charge is -2.19. The number of hydrogen-bond acceptors (Lipinski definition) is 2. The molecule has 0 bridgehead atoms. The molecule has 66 valence electrons. The Morgan fingerprint density at radius 2 is 2.00 bits per heavy atom. The Bertz CT molecular complexity index is 121. The molecule has 2 nitrogen and oxygen atoms in total. The van der Waals surface area contributed by atoms with Crippen LogP contribution in [0.2, 0.25) is 0 Å². The molecular weight excluding hydrogens is 138 g/mol. The fraction of sp³-hybridized carbons (Fsp3) is 0.778.